The van der Waals surface area contributed by atoms with Crippen molar-refractivity contribution >= 4 is 52.6 Å². The van der Waals surface area contributed by atoms with Crippen LogP contribution in [0.3, 0.4) is 0 Å². The minimum Gasteiger partial charge on any atom is -0.477 e. The van der Waals surface area contributed by atoms with Crippen LogP contribution in [0.25, 0.3) is 22.5 Å². The molecule has 1 N–H and O–H groups in total. The second kappa shape index (κ2) is 9.41. The molecular weight excluding hydrogens is 525 g/mol. The molecule has 0 spiro atoms. The summed E-state index contributed by atoms with van der Waals surface area (Å²) in [5.41, 5.74) is 4.31. The van der Waals surface area contributed by atoms with Crippen molar-refractivity contribution in [3.63, 3.8) is 0 Å². The van der Waals surface area contributed by atoms with Gasteiger partial charge in [-0.3, -0.25) is 14.4 Å². The number of thiophene rings is 1. The largest absolute Gasteiger partial charge is 0.477 e. The van der Waals surface area contributed by atoms with Crippen LogP contribution in [0.1, 0.15) is 39.9 Å². The van der Waals surface area contributed by atoms with E-state index in [0.29, 0.717) is 47.1 Å². The first-order valence-electron chi connectivity index (χ1n) is 10.7. The van der Waals surface area contributed by atoms with Crippen molar-refractivity contribution in [2.45, 2.75) is 25.3 Å². The third kappa shape index (κ3) is 4.15. The van der Waals surface area contributed by atoms with Gasteiger partial charge in [-0.05, 0) is 57.6 Å². The van der Waals surface area contributed by atoms with Crippen LogP contribution in [0.2, 0.25) is 5.02 Å². The van der Waals surface area contributed by atoms with Crippen molar-refractivity contribution in [2.75, 3.05) is 0 Å². The Morgan fingerprint density at radius 1 is 1.22 bits per heavy atom. The number of carboxylic acid groups (broad SMARTS) is 1. The van der Waals surface area contributed by atoms with Crippen molar-refractivity contribution < 1.29 is 9.90 Å². The van der Waals surface area contributed by atoms with Crippen LogP contribution < -0.4 is 5.56 Å². The second-order valence-electron chi connectivity index (χ2n) is 8.19. The highest BCUT2D eigenvalue weighted by atomic mass is 35.5. The number of aliphatic imine (C=N–C) groups is 1. The van der Waals surface area contributed by atoms with Crippen molar-refractivity contribution in [3.05, 3.63) is 79.9 Å². The van der Waals surface area contributed by atoms with Crippen LogP contribution in [0.5, 0.6) is 0 Å². The van der Waals surface area contributed by atoms with Gasteiger partial charge in [-0.2, -0.15) is 4.68 Å². The van der Waals surface area contributed by atoms with Crippen molar-refractivity contribution in [2.24, 2.45) is 4.99 Å². The van der Waals surface area contributed by atoms with E-state index in [0.717, 1.165) is 16.8 Å². The second-order valence-corrected chi connectivity index (χ2v) is 9.54. The average Bonchev–Trinajstić information content (AvgIpc) is 3.64. The molecule has 0 saturated heterocycles. The van der Waals surface area contributed by atoms with E-state index in [9.17, 15) is 14.7 Å². The molecule has 6 rings (SSSR count). The molecule has 0 amide bonds. The highest BCUT2D eigenvalue weighted by molar-refractivity contribution is 7.12. The number of carbonyl (C=O) groups is 1. The number of rotatable bonds is 5. The molecule has 4 aromatic rings. The summed E-state index contributed by atoms with van der Waals surface area (Å²) >= 11 is 7.44. The van der Waals surface area contributed by atoms with Crippen LogP contribution in [-0.2, 0) is 6.42 Å². The number of aryl methyl sites for hydroxylation is 1. The Balaban J connectivity index is 0.00000267. The number of nitrogens with zero attached hydrogens (tertiary/aromatic N) is 7. The zero-order valence-corrected chi connectivity index (χ0v) is 20.8. The molecule has 0 bridgehead atoms. The number of benzene rings is 1. The third-order valence-electron chi connectivity index (χ3n) is 6.13. The topological polar surface area (TPSA) is 128 Å². The van der Waals surface area contributed by atoms with Gasteiger partial charge in [0.2, 0.25) is 0 Å². The number of aromatic carboxylic acids is 1. The van der Waals surface area contributed by atoms with E-state index in [1.807, 2.05) is 5.38 Å². The smallest absolute Gasteiger partial charge is 0.345 e. The Bertz CT molecular complexity index is 1610. The van der Waals surface area contributed by atoms with Crippen LogP contribution in [0.4, 0.5) is 0 Å². The molecule has 0 fully saturated rings. The Morgan fingerprint density at radius 3 is 2.83 bits per heavy atom. The van der Waals surface area contributed by atoms with E-state index < -0.39 is 5.97 Å². The molecule has 0 aliphatic carbocycles. The molecule has 0 radical (unpaired) electrons. The van der Waals surface area contributed by atoms with E-state index in [2.05, 4.69) is 20.5 Å². The molecule has 0 saturated carbocycles. The van der Waals surface area contributed by atoms with Gasteiger partial charge in [0.05, 0.1) is 17.4 Å². The fourth-order valence-electron chi connectivity index (χ4n) is 4.53. The Kier molecular flexibility index (Phi) is 6.29. The maximum atomic E-state index is 13.3. The summed E-state index contributed by atoms with van der Waals surface area (Å²) in [6, 6.07) is 8.23. The Hall–Kier alpha value is -3.67. The van der Waals surface area contributed by atoms with Gasteiger partial charge in [0, 0.05) is 41.4 Å². The standard InChI is InChI=1S/C23H16ClN7O3S.ClH/c24-14-1-2-18(30-11-26-28-29-30)15(7-14)16-8-22(32)31-19(3-4-21(31)27-16)17-5-12(9-25-17)13-6-20(23(33)34)35-10-13;/h1-2,6-11,19H,3-5H2,(H,33,34);1H/t19-;/m0./s1. The molecule has 3 aromatic heterocycles. The van der Waals surface area contributed by atoms with Gasteiger partial charge >= 0.3 is 5.97 Å². The number of carboxylic acids is 1. The lowest BCUT2D eigenvalue weighted by atomic mass is 10.0. The van der Waals surface area contributed by atoms with Crippen molar-refractivity contribution in [3.8, 4) is 16.9 Å². The molecular formula is C23H17Cl2N7O3S. The number of aromatic nitrogens is 6. The van der Waals surface area contributed by atoms with Gasteiger partial charge in [0.25, 0.3) is 5.56 Å². The van der Waals surface area contributed by atoms with Gasteiger partial charge in [0.1, 0.15) is 17.0 Å². The molecule has 36 heavy (non-hydrogen) atoms. The van der Waals surface area contributed by atoms with Crippen molar-refractivity contribution in [1.29, 1.82) is 0 Å². The summed E-state index contributed by atoms with van der Waals surface area (Å²) in [5.74, 6) is -0.262. The maximum Gasteiger partial charge on any atom is 0.345 e. The number of allylic oxidation sites excluding steroid dienone is 1. The van der Waals surface area contributed by atoms with Crippen LogP contribution >= 0.6 is 35.3 Å². The zero-order valence-electron chi connectivity index (χ0n) is 18.4. The number of halogens is 2. The fraction of sp³-hybridized carbons (Fsp3) is 0.174. The quantitative estimate of drug-likeness (QED) is 0.402. The van der Waals surface area contributed by atoms with E-state index in [-0.39, 0.29) is 28.9 Å². The third-order valence-corrected chi connectivity index (χ3v) is 7.29. The van der Waals surface area contributed by atoms with Gasteiger partial charge in [-0.15, -0.1) is 28.8 Å². The number of hydrogen-bond acceptors (Lipinski definition) is 8. The molecule has 10 nitrogen and oxygen atoms in total. The van der Waals surface area contributed by atoms with Crippen molar-refractivity contribution in [1.82, 2.24) is 29.8 Å². The number of tetrazole rings is 1. The number of fused-ring (bicyclic) bond motifs is 1. The minimum atomic E-state index is -0.943. The van der Waals surface area contributed by atoms with Crippen LogP contribution in [-0.4, -0.2) is 46.5 Å². The lowest BCUT2D eigenvalue weighted by Crippen LogP contribution is -2.28. The molecule has 0 unspecified atom stereocenters. The van der Waals surface area contributed by atoms with Crippen LogP contribution in [0.15, 0.2) is 58.0 Å². The summed E-state index contributed by atoms with van der Waals surface area (Å²) in [6.07, 6.45) is 5.14. The summed E-state index contributed by atoms with van der Waals surface area (Å²) in [7, 11) is 0. The molecule has 2 aliphatic rings. The van der Waals surface area contributed by atoms with Crippen LogP contribution in [0, 0.1) is 0 Å². The van der Waals surface area contributed by atoms with E-state index in [1.54, 1.807) is 35.0 Å². The molecule has 2 aliphatic heterocycles. The minimum absolute atomic E-state index is 0. The van der Waals surface area contributed by atoms with E-state index >= 15 is 0 Å². The SMILES string of the molecule is Cl.O=C(O)c1cc(C2=CN=C([C@@H]3CCc4nc(-c5cc(Cl)ccc5-n5cnnn5)cc(=O)n43)C2)cs1. The van der Waals surface area contributed by atoms with Gasteiger partial charge in [-0.25, -0.2) is 9.78 Å². The lowest BCUT2D eigenvalue weighted by molar-refractivity contribution is 0.0702. The Labute approximate surface area is 219 Å². The summed E-state index contributed by atoms with van der Waals surface area (Å²) in [5, 5.41) is 22.9. The highest BCUT2D eigenvalue weighted by Crippen LogP contribution is 2.35. The first kappa shape index (κ1) is 24.0. The average molecular weight is 542 g/mol. The normalized spacial score (nSPS) is 16.3. The predicted octanol–water partition coefficient (Wildman–Crippen LogP) is 4.09. The molecule has 13 heteroatoms. The fourth-order valence-corrected chi connectivity index (χ4v) is 5.47. The molecule has 1 atom stereocenters. The summed E-state index contributed by atoms with van der Waals surface area (Å²) in [4.78, 5) is 34.2. The van der Waals surface area contributed by atoms with Gasteiger partial charge < -0.3 is 5.11 Å². The maximum absolute atomic E-state index is 13.3. The highest BCUT2D eigenvalue weighted by Gasteiger charge is 2.31. The molecule has 182 valence electrons. The van der Waals surface area contributed by atoms with Gasteiger partial charge in [0.15, 0.2) is 0 Å². The number of hydrogen-bond donors (Lipinski definition) is 1. The monoisotopic (exact) mass is 541 g/mol. The first-order valence-corrected chi connectivity index (χ1v) is 12.0. The lowest BCUT2D eigenvalue weighted by Gasteiger charge is -2.16. The molecule has 1 aromatic carbocycles. The first-order chi connectivity index (χ1) is 17.0. The summed E-state index contributed by atoms with van der Waals surface area (Å²) < 4.78 is 3.21. The predicted molar refractivity (Wildman–Crippen MR) is 138 cm³/mol. The molecule has 5 heterocycles. The Morgan fingerprint density at radius 2 is 2.08 bits per heavy atom. The summed E-state index contributed by atoms with van der Waals surface area (Å²) in [6.45, 7) is 0. The van der Waals surface area contributed by atoms with E-state index in [4.69, 9.17) is 16.6 Å². The van der Waals surface area contributed by atoms with E-state index in [1.165, 1.54) is 28.4 Å². The zero-order chi connectivity index (χ0) is 24.1. The van der Waals surface area contributed by atoms with Gasteiger partial charge in [-0.1, -0.05) is 11.6 Å².